The number of hydrogen-bond donors (Lipinski definition) is 1. The van der Waals surface area contributed by atoms with Crippen molar-refractivity contribution in [3.05, 3.63) is 29.8 Å². The third-order valence-corrected chi connectivity index (χ3v) is 4.72. The number of aromatic hydroxyl groups is 1. The predicted molar refractivity (Wildman–Crippen MR) is 89.3 cm³/mol. The molecule has 2 heterocycles. The third-order valence-electron chi connectivity index (χ3n) is 4.72. The van der Waals surface area contributed by atoms with E-state index in [1.807, 2.05) is 0 Å². The zero-order valence-corrected chi connectivity index (χ0v) is 14.0. The second-order valence-electron chi connectivity index (χ2n) is 5.95. The van der Waals surface area contributed by atoms with Crippen LogP contribution in [0.1, 0.15) is 33.7 Å². The molecule has 2 aliphatic rings. The number of phenolic OH excluding ortho intramolecular Hbond substituents is 1. The van der Waals surface area contributed by atoms with Crippen molar-refractivity contribution in [2.24, 2.45) is 5.92 Å². The smallest absolute Gasteiger partial charge is 0.342 e. The van der Waals surface area contributed by atoms with Crippen molar-refractivity contribution in [2.75, 3.05) is 14.1 Å². The Kier molecular flexibility index (Phi) is 4.49. The number of carbonyl (C=O) groups excluding carboxylic acids is 2. The number of benzene rings is 1. The van der Waals surface area contributed by atoms with E-state index in [9.17, 15) is 14.7 Å². The molecule has 2 bridgehead atoms. The minimum absolute atomic E-state index is 0. The highest BCUT2D eigenvalue weighted by Crippen LogP contribution is 2.40. The average Bonchev–Trinajstić information content (AvgIpc) is 2.90. The van der Waals surface area contributed by atoms with Crippen molar-refractivity contribution >= 4 is 24.3 Å². The van der Waals surface area contributed by atoms with Crippen LogP contribution < -0.4 is 0 Å². The van der Waals surface area contributed by atoms with Crippen LogP contribution in [0, 0.1) is 5.92 Å². The van der Waals surface area contributed by atoms with Gasteiger partial charge in [-0.15, -0.1) is 12.4 Å². The summed E-state index contributed by atoms with van der Waals surface area (Å²) in [6, 6.07) is 5.10. The summed E-state index contributed by atoms with van der Waals surface area (Å²) in [4.78, 5) is 26.2. The standard InChI is InChI=1S/C17H21NO5.ClH/c1-18-10-7-8-12(18)15(17(21)22-2)14(9-10)23-16(20)11-5-3-4-6-13(11)19;/h3-6,10,12,14-15,19H,7-9H2,1-2H3;1H/t10-,12+,14-,15+;/m0./s1/i1D3;. The molecule has 3 rings (SSSR count). The topological polar surface area (TPSA) is 76.1 Å². The summed E-state index contributed by atoms with van der Waals surface area (Å²) in [5.41, 5.74) is 0.00159. The molecular weight excluding hydrogens is 334 g/mol. The number of carbonyl (C=O) groups is 2. The Labute approximate surface area is 151 Å². The molecule has 7 heteroatoms. The van der Waals surface area contributed by atoms with Gasteiger partial charge in [0.25, 0.3) is 0 Å². The van der Waals surface area contributed by atoms with Crippen LogP contribution in [-0.4, -0.2) is 54.2 Å². The summed E-state index contributed by atoms with van der Waals surface area (Å²) in [5, 5.41) is 9.82. The van der Waals surface area contributed by atoms with E-state index in [1.54, 1.807) is 12.1 Å². The van der Waals surface area contributed by atoms with Gasteiger partial charge in [-0.3, -0.25) is 9.69 Å². The number of hydrogen-bond acceptors (Lipinski definition) is 6. The number of para-hydroxylation sites is 1. The SMILES string of the molecule is Cl.[2H]C([2H])([2H])N1[C@H]2CC[C@@H]1[C@@H](C(=O)OC)[C@@H](OC(=O)c1ccccc1O)C2. The van der Waals surface area contributed by atoms with Gasteiger partial charge in [0.1, 0.15) is 23.3 Å². The second kappa shape index (κ2) is 7.40. The summed E-state index contributed by atoms with van der Waals surface area (Å²) in [7, 11) is 1.23. The molecule has 24 heavy (non-hydrogen) atoms. The Hall–Kier alpha value is -1.79. The molecule has 0 unspecified atom stereocenters. The fourth-order valence-corrected chi connectivity index (χ4v) is 3.57. The maximum Gasteiger partial charge on any atom is 0.342 e. The van der Waals surface area contributed by atoms with Gasteiger partial charge in [0, 0.05) is 22.6 Å². The number of methoxy groups -OCH3 is 1. The van der Waals surface area contributed by atoms with Crippen LogP contribution >= 0.6 is 12.4 Å². The van der Waals surface area contributed by atoms with E-state index >= 15 is 0 Å². The van der Waals surface area contributed by atoms with Crippen molar-refractivity contribution in [2.45, 2.75) is 37.5 Å². The van der Waals surface area contributed by atoms with Gasteiger partial charge in [-0.25, -0.2) is 4.79 Å². The highest BCUT2D eigenvalue weighted by Gasteiger charge is 2.51. The summed E-state index contributed by atoms with van der Waals surface area (Å²) in [5.74, 6) is -2.44. The molecule has 1 aromatic carbocycles. The minimum Gasteiger partial charge on any atom is -0.507 e. The number of esters is 2. The third kappa shape index (κ3) is 3.21. The molecule has 0 aromatic heterocycles. The van der Waals surface area contributed by atoms with E-state index in [1.165, 1.54) is 24.1 Å². The molecule has 0 saturated carbocycles. The molecule has 0 amide bonds. The molecule has 4 atom stereocenters. The van der Waals surface area contributed by atoms with E-state index in [0.717, 1.165) is 0 Å². The van der Waals surface area contributed by atoms with Gasteiger partial charge in [-0.1, -0.05) is 12.1 Å². The molecule has 0 radical (unpaired) electrons. The zero-order chi connectivity index (χ0) is 19.1. The van der Waals surface area contributed by atoms with Gasteiger partial charge in [0.15, 0.2) is 0 Å². The Morgan fingerprint density at radius 1 is 1.33 bits per heavy atom. The number of piperidine rings is 1. The number of ether oxygens (including phenoxy) is 2. The van der Waals surface area contributed by atoms with E-state index in [0.29, 0.717) is 12.8 Å². The Balaban J connectivity index is 0.00000261. The lowest BCUT2D eigenvalue weighted by atomic mass is 9.87. The predicted octanol–water partition coefficient (Wildman–Crippen LogP) is 2.00. The van der Waals surface area contributed by atoms with Gasteiger partial charge in [0.05, 0.1) is 7.11 Å². The van der Waals surface area contributed by atoms with Gasteiger partial charge < -0.3 is 14.6 Å². The molecule has 1 N–H and O–H groups in total. The van der Waals surface area contributed by atoms with Crippen LogP contribution in [0.15, 0.2) is 24.3 Å². The summed E-state index contributed by atoms with van der Waals surface area (Å²) in [6.07, 6.45) is 0.563. The number of rotatable bonds is 3. The fourth-order valence-electron chi connectivity index (χ4n) is 3.57. The second-order valence-corrected chi connectivity index (χ2v) is 5.95. The van der Waals surface area contributed by atoms with Crippen LogP contribution in [0.2, 0.25) is 0 Å². The maximum absolute atomic E-state index is 12.4. The first-order valence-corrected chi connectivity index (χ1v) is 7.59. The normalized spacial score (nSPS) is 31.1. The Morgan fingerprint density at radius 3 is 2.75 bits per heavy atom. The summed E-state index contributed by atoms with van der Waals surface area (Å²) < 4.78 is 33.6. The quantitative estimate of drug-likeness (QED) is 0.833. The number of phenols is 1. The molecule has 1 aromatic rings. The van der Waals surface area contributed by atoms with Gasteiger partial charge in [-0.05, 0) is 32.0 Å². The highest BCUT2D eigenvalue weighted by molar-refractivity contribution is 5.92. The van der Waals surface area contributed by atoms with Crippen LogP contribution in [0.3, 0.4) is 0 Å². The van der Waals surface area contributed by atoms with Crippen molar-refractivity contribution < 1.29 is 28.3 Å². The lowest BCUT2D eigenvalue weighted by Crippen LogP contribution is -2.53. The van der Waals surface area contributed by atoms with Crippen LogP contribution in [-0.2, 0) is 14.3 Å². The van der Waals surface area contributed by atoms with E-state index in [2.05, 4.69) is 0 Å². The molecular formula is C17H22ClNO5. The van der Waals surface area contributed by atoms with Gasteiger partial charge in [0.2, 0.25) is 0 Å². The van der Waals surface area contributed by atoms with Crippen LogP contribution in [0.5, 0.6) is 5.75 Å². The Morgan fingerprint density at radius 2 is 2.08 bits per heavy atom. The number of fused-ring (bicyclic) bond motifs is 2. The van der Waals surface area contributed by atoms with Crippen molar-refractivity contribution in [3.8, 4) is 5.75 Å². The van der Waals surface area contributed by atoms with Gasteiger partial charge in [-0.2, -0.15) is 0 Å². The molecule has 2 fully saturated rings. The van der Waals surface area contributed by atoms with Crippen LogP contribution in [0.4, 0.5) is 0 Å². The highest BCUT2D eigenvalue weighted by atomic mass is 35.5. The fraction of sp³-hybridized carbons (Fsp3) is 0.529. The lowest BCUT2D eigenvalue weighted by Gasteiger charge is -2.40. The average molecular weight is 359 g/mol. The van der Waals surface area contributed by atoms with E-state index in [4.69, 9.17) is 13.6 Å². The van der Waals surface area contributed by atoms with Crippen molar-refractivity contribution in [3.63, 3.8) is 0 Å². The monoisotopic (exact) mass is 358 g/mol. The zero-order valence-electron chi connectivity index (χ0n) is 16.2. The largest absolute Gasteiger partial charge is 0.507 e. The summed E-state index contributed by atoms with van der Waals surface area (Å²) in [6.45, 7) is -2.33. The van der Waals surface area contributed by atoms with Gasteiger partial charge >= 0.3 is 11.9 Å². The minimum atomic E-state index is -2.33. The number of halogens is 1. The van der Waals surface area contributed by atoms with Crippen molar-refractivity contribution in [1.29, 1.82) is 0 Å². The van der Waals surface area contributed by atoms with E-state index < -0.39 is 37.0 Å². The summed E-state index contributed by atoms with van der Waals surface area (Å²) >= 11 is 0. The first kappa shape index (κ1) is 14.5. The maximum atomic E-state index is 12.4. The molecule has 2 saturated heterocycles. The molecule has 132 valence electrons. The molecule has 0 aliphatic carbocycles. The Bertz CT molecular complexity index is 714. The molecule has 0 spiro atoms. The first-order chi connectivity index (χ1) is 12.2. The van der Waals surface area contributed by atoms with Crippen LogP contribution in [0.25, 0.3) is 0 Å². The van der Waals surface area contributed by atoms with Crippen molar-refractivity contribution in [1.82, 2.24) is 4.90 Å². The lowest BCUT2D eigenvalue weighted by molar-refractivity contribution is -0.156. The van der Waals surface area contributed by atoms with E-state index in [-0.39, 0.29) is 36.2 Å². The molecule has 6 nitrogen and oxygen atoms in total. The molecule has 2 aliphatic heterocycles. The first-order valence-electron chi connectivity index (χ1n) is 9.09. The number of nitrogens with zero attached hydrogens (tertiary/aromatic N) is 1.